The first-order valence-electron chi connectivity index (χ1n) is 8.52. The predicted molar refractivity (Wildman–Crippen MR) is 94.3 cm³/mol. The Balaban J connectivity index is 1.72. The monoisotopic (exact) mass is 354 g/mol. The quantitative estimate of drug-likeness (QED) is 0.780. The number of likely N-dealkylation sites (tertiary alicyclic amines) is 1. The van der Waals surface area contributed by atoms with Crippen LogP contribution in [-0.4, -0.2) is 44.3 Å². The van der Waals surface area contributed by atoms with Crippen LogP contribution in [0.15, 0.2) is 42.6 Å². The van der Waals surface area contributed by atoms with Crippen LogP contribution >= 0.6 is 0 Å². The Bertz CT molecular complexity index is 957. The van der Waals surface area contributed by atoms with E-state index in [0.717, 1.165) is 18.7 Å². The van der Waals surface area contributed by atoms with Crippen LogP contribution in [0, 0.1) is 5.82 Å². The molecule has 0 aliphatic carbocycles. The molecule has 1 aliphatic heterocycles. The number of halogens is 1. The molecule has 7 heteroatoms. The number of nitrogens with zero attached hydrogens (tertiary/aromatic N) is 4. The van der Waals surface area contributed by atoms with Gasteiger partial charge >= 0.3 is 5.97 Å². The second-order valence-electron chi connectivity index (χ2n) is 6.72. The van der Waals surface area contributed by atoms with E-state index in [9.17, 15) is 9.18 Å². The summed E-state index contributed by atoms with van der Waals surface area (Å²) in [5.74, 6) is -1.30. The highest BCUT2D eigenvalue weighted by Crippen LogP contribution is 2.37. The zero-order chi connectivity index (χ0) is 18.3. The molecule has 26 heavy (non-hydrogen) atoms. The summed E-state index contributed by atoms with van der Waals surface area (Å²) in [5, 5.41) is 14.4. The first kappa shape index (κ1) is 16.7. The second kappa shape index (κ2) is 6.49. The summed E-state index contributed by atoms with van der Waals surface area (Å²) < 4.78 is 15.6. The summed E-state index contributed by atoms with van der Waals surface area (Å²) in [6.45, 7) is 0.737. The molecule has 0 saturated carbocycles. The van der Waals surface area contributed by atoms with Crippen molar-refractivity contribution in [3.8, 4) is 0 Å². The van der Waals surface area contributed by atoms with Gasteiger partial charge in [0.05, 0.1) is 35.4 Å². The van der Waals surface area contributed by atoms with Crippen molar-refractivity contribution in [2.45, 2.75) is 24.9 Å². The lowest BCUT2D eigenvalue weighted by Crippen LogP contribution is -2.20. The lowest BCUT2D eigenvalue weighted by Gasteiger charge is -2.17. The topological polar surface area (TPSA) is 71.2 Å². The molecule has 1 N–H and O–H groups in total. The normalized spacial score (nSPS) is 20.7. The van der Waals surface area contributed by atoms with Gasteiger partial charge in [-0.05, 0) is 43.8 Å². The van der Waals surface area contributed by atoms with Crippen LogP contribution in [-0.2, 0) is 11.2 Å². The van der Waals surface area contributed by atoms with Crippen molar-refractivity contribution >= 4 is 16.9 Å². The zero-order valence-corrected chi connectivity index (χ0v) is 14.3. The van der Waals surface area contributed by atoms with Crippen molar-refractivity contribution in [2.75, 3.05) is 13.6 Å². The molecule has 0 amide bonds. The molecule has 2 atom stereocenters. The van der Waals surface area contributed by atoms with Gasteiger partial charge in [-0.2, -0.15) is 5.10 Å². The van der Waals surface area contributed by atoms with Crippen molar-refractivity contribution in [2.24, 2.45) is 0 Å². The Kier molecular flexibility index (Phi) is 4.16. The van der Waals surface area contributed by atoms with Gasteiger partial charge in [-0.15, -0.1) is 0 Å². The van der Waals surface area contributed by atoms with E-state index < -0.39 is 5.97 Å². The molecule has 3 aromatic rings. The molecule has 1 fully saturated rings. The third-order valence-corrected chi connectivity index (χ3v) is 4.97. The van der Waals surface area contributed by atoms with E-state index in [1.54, 1.807) is 16.9 Å². The number of likely N-dealkylation sites (N-methyl/N-ethyl adjacent to an activating group) is 1. The van der Waals surface area contributed by atoms with Crippen LogP contribution in [0.5, 0.6) is 0 Å². The van der Waals surface area contributed by atoms with E-state index in [2.05, 4.69) is 15.0 Å². The summed E-state index contributed by atoms with van der Waals surface area (Å²) in [7, 11) is 2.03. The van der Waals surface area contributed by atoms with Crippen LogP contribution in [0.2, 0.25) is 0 Å². The van der Waals surface area contributed by atoms with Crippen LogP contribution < -0.4 is 0 Å². The molecular weight excluding hydrogens is 335 g/mol. The van der Waals surface area contributed by atoms with Crippen molar-refractivity contribution in [1.82, 2.24) is 19.7 Å². The van der Waals surface area contributed by atoms with Gasteiger partial charge in [0.15, 0.2) is 0 Å². The Morgan fingerprint density at radius 3 is 2.92 bits per heavy atom. The first-order chi connectivity index (χ1) is 12.5. The first-order valence-corrected chi connectivity index (χ1v) is 8.52. The summed E-state index contributed by atoms with van der Waals surface area (Å²) in [6, 6.07) is 10.4. The number of carboxylic acid groups (broad SMARTS) is 1. The fourth-order valence-corrected chi connectivity index (χ4v) is 3.80. The van der Waals surface area contributed by atoms with E-state index in [-0.39, 0.29) is 24.3 Å². The minimum Gasteiger partial charge on any atom is -0.481 e. The fraction of sp³-hybridized carbons (Fsp3) is 0.316. The van der Waals surface area contributed by atoms with Gasteiger partial charge in [0.2, 0.25) is 0 Å². The van der Waals surface area contributed by atoms with Gasteiger partial charge in [-0.1, -0.05) is 6.07 Å². The zero-order valence-electron chi connectivity index (χ0n) is 14.3. The van der Waals surface area contributed by atoms with Gasteiger partial charge in [-0.3, -0.25) is 19.4 Å². The summed E-state index contributed by atoms with van der Waals surface area (Å²) in [6.07, 6.45) is 2.38. The van der Waals surface area contributed by atoms with Crippen molar-refractivity contribution in [3.63, 3.8) is 0 Å². The average molecular weight is 354 g/mol. The molecular formula is C19H19FN4O2. The van der Waals surface area contributed by atoms with Crippen LogP contribution in [0.4, 0.5) is 4.39 Å². The highest BCUT2D eigenvalue weighted by molar-refractivity contribution is 5.85. The molecule has 3 heterocycles. The number of benzene rings is 1. The second-order valence-corrected chi connectivity index (χ2v) is 6.72. The van der Waals surface area contributed by atoms with E-state index in [4.69, 9.17) is 5.11 Å². The average Bonchev–Trinajstić information content (AvgIpc) is 3.16. The van der Waals surface area contributed by atoms with Crippen molar-refractivity contribution < 1.29 is 14.3 Å². The summed E-state index contributed by atoms with van der Waals surface area (Å²) in [5.41, 5.74) is 2.10. The number of hydrogen-bond donors (Lipinski definition) is 1. The maximum Gasteiger partial charge on any atom is 0.309 e. The maximum absolute atomic E-state index is 13.8. The molecule has 2 aromatic heterocycles. The minimum atomic E-state index is -0.948. The van der Waals surface area contributed by atoms with E-state index in [1.165, 1.54) is 12.1 Å². The Labute approximate surface area is 149 Å². The molecule has 4 rings (SSSR count). The van der Waals surface area contributed by atoms with Gasteiger partial charge < -0.3 is 5.11 Å². The maximum atomic E-state index is 13.8. The van der Waals surface area contributed by atoms with Gasteiger partial charge in [0.25, 0.3) is 0 Å². The van der Waals surface area contributed by atoms with Crippen molar-refractivity contribution in [1.29, 1.82) is 0 Å². The third-order valence-electron chi connectivity index (χ3n) is 4.97. The third kappa shape index (κ3) is 2.94. The SMILES string of the molecule is CN1C[C@H](n2nc(CC(=O)O)c3ccc(F)cc32)C[C@@H]1c1ccccn1. The lowest BCUT2D eigenvalue weighted by molar-refractivity contribution is -0.136. The summed E-state index contributed by atoms with van der Waals surface area (Å²) in [4.78, 5) is 17.8. The smallest absolute Gasteiger partial charge is 0.309 e. The number of carbonyl (C=O) groups is 1. The predicted octanol–water partition coefficient (Wildman–Crippen LogP) is 2.82. The minimum absolute atomic E-state index is 0.0267. The number of hydrogen-bond acceptors (Lipinski definition) is 4. The van der Waals surface area contributed by atoms with Gasteiger partial charge in [0, 0.05) is 18.1 Å². The molecule has 0 radical (unpaired) electrons. The number of aromatic nitrogens is 3. The Morgan fingerprint density at radius 1 is 1.35 bits per heavy atom. The largest absolute Gasteiger partial charge is 0.481 e. The molecule has 1 saturated heterocycles. The number of carboxylic acids is 1. The highest BCUT2D eigenvalue weighted by atomic mass is 19.1. The van der Waals surface area contributed by atoms with E-state index >= 15 is 0 Å². The molecule has 0 unspecified atom stereocenters. The lowest BCUT2D eigenvalue weighted by atomic mass is 10.1. The van der Waals surface area contributed by atoms with Crippen LogP contribution in [0.3, 0.4) is 0 Å². The molecule has 134 valence electrons. The summed E-state index contributed by atoms with van der Waals surface area (Å²) >= 11 is 0. The molecule has 0 spiro atoms. The number of rotatable bonds is 4. The standard InChI is InChI=1S/C19H19FN4O2/c1-23-11-13(9-18(23)15-4-2-3-7-21-15)24-17-8-12(20)5-6-14(17)16(22-24)10-19(25)26/h2-8,13,18H,9-11H2,1H3,(H,25,26)/t13-,18-/m1/s1. The van der Waals surface area contributed by atoms with Gasteiger partial charge in [0.1, 0.15) is 5.82 Å². The Hall–Kier alpha value is -2.80. The highest BCUT2D eigenvalue weighted by Gasteiger charge is 2.34. The fourth-order valence-electron chi connectivity index (χ4n) is 3.80. The molecule has 1 aliphatic rings. The number of fused-ring (bicyclic) bond motifs is 1. The van der Waals surface area contributed by atoms with Crippen molar-refractivity contribution in [3.05, 3.63) is 59.8 Å². The molecule has 6 nitrogen and oxygen atoms in total. The van der Waals surface area contributed by atoms with E-state index in [0.29, 0.717) is 16.6 Å². The number of pyridine rings is 1. The molecule has 0 bridgehead atoms. The molecule has 1 aromatic carbocycles. The number of aliphatic carboxylic acids is 1. The Morgan fingerprint density at radius 2 is 2.19 bits per heavy atom. The van der Waals surface area contributed by atoms with Gasteiger partial charge in [-0.25, -0.2) is 4.39 Å². The van der Waals surface area contributed by atoms with Crippen LogP contribution in [0.1, 0.15) is 29.9 Å². The van der Waals surface area contributed by atoms with Crippen LogP contribution in [0.25, 0.3) is 10.9 Å². The van der Waals surface area contributed by atoms with E-state index in [1.807, 2.05) is 25.2 Å².